The Morgan fingerprint density at radius 1 is 1.41 bits per heavy atom. The number of aromatic nitrogens is 3. The summed E-state index contributed by atoms with van der Waals surface area (Å²) >= 11 is 2.97. The van der Waals surface area contributed by atoms with Crippen LogP contribution >= 0.6 is 23.1 Å². The van der Waals surface area contributed by atoms with Gasteiger partial charge in [-0.1, -0.05) is 43.0 Å². The molecule has 4 aromatic rings. The van der Waals surface area contributed by atoms with Crippen molar-refractivity contribution in [1.82, 2.24) is 14.5 Å². The first kappa shape index (κ1) is 21.2. The molecule has 5 nitrogen and oxygen atoms in total. The van der Waals surface area contributed by atoms with Crippen molar-refractivity contribution in [1.29, 1.82) is 0 Å². The van der Waals surface area contributed by atoms with Crippen molar-refractivity contribution in [3.8, 4) is 0 Å². The van der Waals surface area contributed by atoms with E-state index in [1.165, 1.54) is 22.2 Å². The van der Waals surface area contributed by atoms with E-state index in [1.54, 1.807) is 22.0 Å². The molecule has 0 spiro atoms. The third-order valence-corrected chi connectivity index (χ3v) is 8.32. The highest BCUT2D eigenvalue weighted by Crippen LogP contribution is 2.36. The van der Waals surface area contributed by atoms with Gasteiger partial charge in [-0.2, -0.15) is 0 Å². The number of hydrogen-bond donors (Lipinski definition) is 1. The number of carbonyl (C=O) groups is 1. The molecule has 32 heavy (non-hydrogen) atoms. The Bertz CT molecular complexity index is 1430. The predicted molar refractivity (Wildman–Crippen MR) is 133 cm³/mol. The number of thiophene rings is 1. The molecule has 0 unspecified atom stereocenters. The number of fused-ring (bicyclic) bond motifs is 4. The average Bonchev–Trinajstić information content (AvgIpc) is 3.30. The van der Waals surface area contributed by atoms with E-state index < -0.39 is 0 Å². The van der Waals surface area contributed by atoms with E-state index in [2.05, 4.69) is 18.5 Å². The summed E-state index contributed by atoms with van der Waals surface area (Å²) in [5, 5.41) is 2.28. The zero-order valence-corrected chi connectivity index (χ0v) is 19.9. The van der Waals surface area contributed by atoms with Gasteiger partial charge in [-0.15, -0.1) is 17.9 Å². The number of aromatic amines is 1. The molecule has 1 aliphatic rings. The summed E-state index contributed by atoms with van der Waals surface area (Å²) in [6.07, 6.45) is 4.77. The van der Waals surface area contributed by atoms with Gasteiger partial charge in [-0.25, -0.2) is 4.98 Å². The first-order valence-corrected chi connectivity index (χ1v) is 12.7. The van der Waals surface area contributed by atoms with Crippen LogP contribution in [0.25, 0.3) is 21.1 Å². The van der Waals surface area contributed by atoms with E-state index in [9.17, 15) is 9.59 Å². The lowest BCUT2D eigenvalue weighted by molar-refractivity contribution is 0.102. The number of rotatable bonds is 6. The number of para-hydroxylation sites is 1. The van der Waals surface area contributed by atoms with Crippen molar-refractivity contribution >= 4 is 50.0 Å². The SMILES string of the molecule is C=CCn1c(SCC(=O)c2c(C)[nH]c3ccccc23)nc2sc3c(c2c1=O)CC[C@H](C)C3. The zero-order valence-electron chi connectivity index (χ0n) is 18.2. The summed E-state index contributed by atoms with van der Waals surface area (Å²) in [5.41, 5.74) is 3.71. The van der Waals surface area contributed by atoms with Crippen molar-refractivity contribution in [2.45, 2.75) is 44.8 Å². The van der Waals surface area contributed by atoms with E-state index in [1.807, 2.05) is 31.2 Å². The molecule has 0 bridgehead atoms. The maximum absolute atomic E-state index is 13.4. The van der Waals surface area contributed by atoms with Crippen LogP contribution in [-0.4, -0.2) is 26.1 Å². The van der Waals surface area contributed by atoms with Crippen LogP contribution in [0.3, 0.4) is 0 Å². The Morgan fingerprint density at radius 3 is 3.03 bits per heavy atom. The van der Waals surface area contributed by atoms with Crippen LogP contribution < -0.4 is 5.56 Å². The summed E-state index contributed by atoms with van der Waals surface area (Å²) < 4.78 is 1.67. The fourth-order valence-electron chi connectivity index (χ4n) is 4.64. The van der Waals surface area contributed by atoms with Crippen LogP contribution in [0.4, 0.5) is 0 Å². The minimum absolute atomic E-state index is 0.0137. The molecule has 0 aliphatic heterocycles. The topological polar surface area (TPSA) is 67.8 Å². The molecule has 3 heterocycles. The molecular weight excluding hydrogens is 438 g/mol. The Hall–Kier alpha value is -2.64. The maximum atomic E-state index is 13.4. The Morgan fingerprint density at radius 2 is 2.22 bits per heavy atom. The second-order valence-corrected chi connectivity index (χ2v) is 10.5. The standard InChI is InChI=1S/C25H25N3O2S2/c1-4-11-28-24(30)22-17-10-9-14(2)12-20(17)32-23(22)27-25(28)31-13-19(29)21-15(3)26-18-8-6-5-7-16(18)21/h4-8,14,26H,1,9-13H2,2-3H3/t14-/m0/s1. The highest BCUT2D eigenvalue weighted by atomic mass is 32.2. The number of nitrogens with one attached hydrogen (secondary N) is 1. The number of aryl methyl sites for hydroxylation is 2. The normalized spacial score (nSPS) is 15.9. The highest BCUT2D eigenvalue weighted by molar-refractivity contribution is 7.99. The number of Topliss-reactive ketones (excluding diaryl/α,β-unsaturated/α-hetero) is 1. The number of hydrogen-bond acceptors (Lipinski definition) is 5. The maximum Gasteiger partial charge on any atom is 0.263 e. The van der Waals surface area contributed by atoms with Crippen molar-refractivity contribution in [2.24, 2.45) is 5.92 Å². The second kappa shape index (κ2) is 8.37. The molecule has 0 radical (unpaired) electrons. The fraction of sp³-hybridized carbons (Fsp3) is 0.320. The molecular formula is C25H25N3O2S2. The van der Waals surface area contributed by atoms with Crippen molar-refractivity contribution in [2.75, 3.05) is 5.75 Å². The van der Waals surface area contributed by atoms with Crippen LogP contribution in [-0.2, 0) is 19.4 Å². The summed E-state index contributed by atoms with van der Waals surface area (Å²) in [7, 11) is 0. The number of H-pyrrole nitrogens is 1. The van der Waals surface area contributed by atoms with E-state index in [0.717, 1.165) is 46.1 Å². The molecule has 0 saturated heterocycles. The summed E-state index contributed by atoms with van der Waals surface area (Å²) in [5.74, 6) is 0.889. The smallest absolute Gasteiger partial charge is 0.263 e. The molecule has 1 aliphatic carbocycles. The predicted octanol–water partition coefficient (Wildman–Crippen LogP) is 5.53. The first-order valence-electron chi connectivity index (χ1n) is 10.9. The van der Waals surface area contributed by atoms with Gasteiger partial charge in [0.25, 0.3) is 5.56 Å². The van der Waals surface area contributed by atoms with Gasteiger partial charge in [-0.3, -0.25) is 14.2 Å². The van der Waals surface area contributed by atoms with Gasteiger partial charge in [0.2, 0.25) is 0 Å². The lowest BCUT2D eigenvalue weighted by atomic mass is 9.89. The number of allylic oxidation sites excluding steroid dienone is 1. The van der Waals surface area contributed by atoms with Crippen LogP contribution in [0.15, 0.2) is 46.9 Å². The van der Waals surface area contributed by atoms with Gasteiger partial charge >= 0.3 is 0 Å². The molecule has 1 atom stereocenters. The third kappa shape index (κ3) is 3.53. The first-order chi connectivity index (χ1) is 15.5. The molecule has 164 valence electrons. The number of benzene rings is 1. The molecule has 1 N–H and O–H groups in total. The largest absolute Gasteiger partial charge is 0.358 e. The van der Waals surface area contributed by atoms with Gasteiger partial charge in [0.1, 0.15) is 4.83 Å². The van der Waals surface area contributed by atoms with Crippen molar-refractivity contribution in [3.05, 3.63) is 69.0 Å². The monoisotopic (exact) mass is 463 g/mol. The van der Waals surface area contributed by atoms with Gasteiger partial charge in [0.15, 0.2) is 10.9 Å². The van der Waals surface area contributed by atoms with E-state index in [-0.39, 0.29) is 17.1 Å². The van der Waals surface area contributed by atoms with Gasteiger partial charge in [0.05, 0.1) is 11.1 Å². The second-order valence-electron chi connectivity index (χ2n) is 8.51. The minimum atomic E-state index is -0.0137. The highest BCUT2D eigenvalue weighted by Gasteiger charge is 2.25. The summed E-state index contributed by atoms with van der Waals surface area (Å²) in [6.45, 7) is 8.38. The van der Waals surface area contributed by atoms with Gasteiger partial charge < -0.3 is 4.98 Å². The molecule has 1 aromatic carbocycles. The number of thioether (sulfide) groups is 1. The number of nitrogens with zero attached hydrogens (tertiary/aromatic N) is 2. The molecule has 7 heteroatoms. The lowest BCUT2D eigenvalue weighted by Crippen LogP contribution is -2.24. The molecule has 5 rings (SSSR count). The Labute approximate surface area is 194 Å². The van der Waals surface area contributed by atoms with Crippen LogP contribution in [0, 0.1) is 12.8 Å². The van der Waals surface area contributed by atoms with Crippen molar-refractivity contribution in [3.63, 3.8) is 0 Å². The molecule has 0 saturated carbocycles. The summed E-state index contributed by atoms with van der Waals surface area (Å²) in [4.78, 5) is 36.8. The Balaban J connectivity index is 1.51. The third-order valence-electron chi connectivity index (χ3n) is 6.20. The van der Waals surface area contributed by atoms with E-state index in [4.69, 9.17) is 4.98 Å². The lowest BCUT2D eigenvalue weighted by Gasteiger charge is -2.17. The fourth-order valence-corrected chi connectivity index (χ4v) is 6.95. The van der Waals surface area contributed by atoms with Crippen molar-refractivity contribution < 1.29 is 4.79 Å². The van der Waals surface area contributed by atoms with Crippen LogP contribution in [0.1, 0.15) is 39.8 Å². The Kier molecular flexibility index (Phi) is 5.55. The minimum Gasteiger partial charge on any atom is -0.358 e. The molecule has 0 amide bonds. The van der Waals surface area contributed by atoms with Gasteiger partial charge in [0, 0.05) is 33.6 Å². The van der Waals surface area contributed by atoms with Crippen LogP contribution in [0.2, 0.25) is 0 Å². The number of ketones is 1. The quantitative estimate of drug-likeness (QED) is 0.177. The van der Waals surface area contributed by atoms with Crippen LogP contribution in [0.5, 0.6) is 0 Å². The summed E-state index contributed by atoms with van der Waals surface area (Å²) in [6, 6.07) is 7.83. The van der Waals surface area contributed by atoms with E-state index >= 15 is 0 Å². The average molecular weight is 464 g/mol. The molecule has 3 aromatic heterocycles. The van der Waals surface area contributed by atoms with E-state index in [0.29, 0.717) is 23.2 Å². The number of carbonyl (C=O) groups excluding carboxylic acids is 1. The van der Waals surface area contributed by atoms with Gasteiger partial charge in [-0.05, 0) is 43.7 Å². The molecule has 0 fully saturated rings. The zero-order chi connectivity index (χ0) is 22.4.